The van der Waals surface area contributed by atoms with Crippen LogP contribution in [-0.4, -0.2) is 62.2 Å². The van der Waals surface area contributed by atoms with Crippen LogP contribution in [0, 0.1) is 0 Å². The average molecular weight is 411 g/mol. The number of carbonyl (C=O) groups excluding carboxylic acids is 1. The van der Waals surface area contributed by atoms with E-state index in [1.165, 1.54) is 5.56 Å². The van der Waals surface area contributed by atoms with Gasteiger partial charge in [0.2, 0.25) is 0 Å². The number of amides is 1. The van der Waals surface area contributed by atoms with E-state index in [9.17, 15) is 4.79 Å². The van der Waals surface area contributed by atoms with Gasteiger partial charge in [-0.15, -0.1) is 0 Å². The molecule has 3 rings (SSSR count). The van der Waals surface area contributed by atoms with Gasteiger partial charge >= 0.3 is 0 Å². The van der Waals surface area contributed by atoms with Crippen LogP contribution in [0.15, 0.2) is 55.1 Å². The Balaban J connectivity index is 1.55. The highest BCUT2D eigenvalue weighted by Gasteiger charge is 2.23. The molecule has 6 heteroatoms. The molecule has 0 atom stereocenters. The third-order valence-corrected chi connectivity index (χ3v) is 5.07. The highest BCUT2D eigenvalue weighted by atomic mass is 16.5. The minimum atomic E-state index is 0.0179. The van der Waals surface area contributed by atoms with Crippen molar-refractivity contribution in [3.8, 4) is 17.2 Å². The summed E-state index contributed by atoms with van der Waals surface area (Å²) < 4.78 is 16.4. The third-order valence-electron chi connectivity index (χ3n) is 5.07. The predicted octanol–water partition coefficient (Wildman–Crippen LogP) is 3.62. The van der Waals surface area contributed by atoms with E-state index in [4.69, 9.17) is 14.2 Å². The molecule has 0 aromatic heterocycles. The van der Waals surface area contributed by atoms with Gasteiger partial charge in [-0.1, -0.05) is 24.8 Å². The van der Waals surface area contributed by atoms with E-state index >= 15 is 0 Å². The fourth-order valence-electron chi connectivity index (χ4n) is 3.48. The SMILES string of the molecule is C=CCOc1ccc(C(=O)N2CCN(Cc3ccc(OCC)cc3)CC2)cc1OC. The molecule has 0 radical (unpaired) electrons. The van der Waals surface area contributed by atoms with Crippen molar-refractivity contribution in [2.45, 2.75) is 13.5 Å². The summed E-state index contributed by atoms with van der Waals surface area (Å²) >= 11 is 0. The summed E-state index contributed by atoms with van der Waals surface area (Å²) in [5, 5.41) is 0. The standard InChI is InChI=1S/C24H30N2O4/c1-4-16-30-22-11-8-20(17-23(22)28-3)24(27)26-14-12-25(13-15-26)18-19-6-9-21(10-7-19)29-5-2/h4,6-11,17H,1,5,12-16,18H2,2-3H3. The molecule has 30 heavy (non-hydrogen) atoms. The summed E-state index contributed by atoms with van der Waals surface area (Å²) in [5.74, 6) is 2.07. The second-order valence-corrected chi connectivity index (χ2v) is 7.11. The maximum atomic E-state index is 12.9. The summed E-state index contributed by atoms with van der Waals surface area (Å²) in [4.78, 5) is 17.2. The van der Waals surface area contributed by atoms with E-state index in [1.54, 1.807) is 31.4 Å². The van der Waals surface area contributed by atoms with Crippen molar-refractivity contribution in [2.75, 3.05) is 46.5 Å². The predicted molar refractivity (Wildman–Crippen MR) is 117 cm³/mol. The van der Waals surface area contributed by atoms with E-state index < -0.39 is 0 Å². The Kier molecular flexibility index (Phi) is 7.74. The zero-order valence-electron chi connectivity index (χ0n) is 17.8. The molecule has 0 N–H and O–H groups in total. The third kappa shape index (κ3) is 5.54. The Hall–Kier alpha value is -2.99. The van der Waals surface area contributed by atoms with Crippen LogP contribution in [-0.2, 0) is 6.54 Å². The lowest BCUT2D eigenvalue weighted by atomic mass is 10.1. The van der Waals surface area contributed by atoms with Crippen molar-refractivity contribution in [1.82, 2.24) is 9.80 Å². The van der Waals surface area contributed by atoms with Gasteiger partial charge in [-0.25, -0.2) is 0 Å². The summed E-state index contributed by atoms with van der Waals surface area (Å²) in [6.07, 6.45) is 1.67. The topological polar surface area (TPSA) is 51.2 Å². The van der Waals surface area contributed by atoms with Gasteiger partial charge in [0.15, 0.2) is 11.5 Å². The molecule has 0 saturated carbocycles. The summed E-state index contributed by atoms with van der Waals surface area (Å²) in [7, 11) is 1.57. The van der Waals surface area contributed by atoms with E-state index in [1.807, 2.05) is 24.0 Å². The van der Waals surface area contributed by atoms with Crippen molar-refractivity contribution >= 4 is 5.91 Å². The average Bonchev–Trinajstić information content (AvgIpc) is 2.79. The number of piperazine rings is 1. The van der Waals surface area contributed by atoms with Crippen LogP contribution in [0.2, 0.25) is 0 Å². The molecule has 0 aliphatic carbocycles. The number of carbonyl (C=O) groups is 1. The molecule has 1 aliphatic heterocycles. The summed E-state index contributed by atoms with van der Waals surface area (Å²) in [6.45, 7) is 10.7. The van der Waals surface area contributed by atoms with Gasteiger partial charge in [0, 0.05) is 38.3 Å². The van der Waals surface area contributed by atoms with E-state index in [2.05, 4.69) is 23.6 Å². The number of methoxy groups -OCH3 is 1. The Bertz CT molecular complexity index is 843. The molecule has 0 bridgehead atoms. The zero-order valence-corrected chi connectivity index (χ0v) is 17.8. The number of hydrogen-bond acceptors (Lipinski definition) is 5. The Morgan fingerprint density at radius 3 is 2.40 bits per heavy atom. The zero-order chi connectivity index (χ0) is 21.3. The molecule has 2 aromatic carbocycles. The minimum Gasteiger partial charge on any atom is -0.494 e. The maximum absolute atomic E-state index is 12.9. The fraction of sp³-hybridized carbons (Fsp3) is 0.375. The maximum Gasteiger partial charge on any atom is 0.254 e. The van der Waals surface area contributed by atoms with Crippen LogP contribution in [0.25, 0.3) is 0 Å². The molecule has 0 spiro atoms. The Morgan fingerprint density at radius 1 is 1.03 bits per heavy atom. The molecule has 160 valence electrons. The second kappa shape index (κ2) is 10.7. The lowest BCUT2D eigenvalue weighted by molar-refractivity contribution is 0.0628. The van der Waals surface area contributed by atoms with Crippen LogP contribution in [0.5, 0.6) is 17.2 Å². The fourth-order valence-corrected chi connectivity index (χ4v) is 3.48. The van der Waals surface area contributed by atoms with Crippen LogP contribution in [0.4, 0.5) is 0 Å². The molecule has 1 amide bonds. The number of benzene rings is 2. The van der Waals surface area contributed by atoms with Crippen molar-refractivity contribution in [3.05, 3.63) is 66.2 Å². The first-order valence-corrected chi connectivity index (χ1v) is 10.3. The summed E-state index contributed by atoms with van der Waals surface area (Å²) in [6, 6.07) is 13.5. The molecule has 1 heterocycles. The van der Waals surface area contributed by atoms with Crippen LogP contribution in [0.3, 0.4) is 0 Å². The number of ether oxygens (including phenoxy) is 3. The van der Waals surface area contributed by atoms with Gasteiger partial charge in [-0.3, -0.25) is 9.69 Å². The molecular formula is C24H30N2O4. The Morgan fingerprint density at radius 2 is 1.77 bits per heavy atom. The van der Waals surface area contributed by atoms with Gasteiger partial charge in [0.05, 0.1) is 13.7 Å². The van der Waals surface area contributed by atoms with Crippen molar-refractivity contribution in [1.29, 1.82) is 0 Å². The number of hydrogen-bond donors (Lipinski definition) is 0. The molecule has 1 aliphatic rings. The largest absolute Gasteiger partial charge is 0.494 e. The first kappa shape index (κ1) is 21.7. The van der Waals surface area contributed by atoms with Crippen LogP contribution >= 0.6 is 0 Å². The van der Waals surface area contributed by atoms with Gasteiger partial charge in [-0.05, 0) is 42.8 Å². The molecule has 1 fully saturated rings. The number of nitrogens with zero attached hydrogens (tertiary/aromatic N) is 2. The lowest BCUT2D eigenvalue weighted by Gasteiger charge is -2.35. The van der Waals surface area contributed by atoms with Crippen molar-refractivity contribution < 1.29 is 19.0 Å². The van der Waals surface area contributed by atoms with Gasteiger partial charge in [-0.2, -0.15) is 0 Å². The first-order chi connectivity index (χ1) is 14.6. The molecule has 2 aromatic rings. The highest BCUT2D eigenvalue weighted by Crippen LogP contribution is 2.28. The van der Waals surface area contributed by atoms with Gasteiger partial charge in [0.1, 0.15) is 12.4 Å². The minimum absolute atomic E-state index is 0.0179. The molecule has 0 unspecified atom stereocenters. The van der Waals surface area contributed by atoms with E-state index in [0.717, 1.165) is 25.4 Å². The Labute approximate surface area is 178 Å². The first-order valence-electron chi connectivity index (χ1n) is 10.3. The van der Waals surface area contributed by atoms with Crippen molar-refractivity contribution in [3.63, 3.8) is 0 Å². The van der Waals surface area contributed by atoms with Gasteiger partial charge < -0.3 is 19.1 Å². The van der Waals surface area contributed by atoms with E-state index in [-0.39, 0.29) is 5.91 Å². The lowest BCUT2D eigenvalue weighted by Crippen LogP contribution is -2.48. The normalized spacial score (nSPS) is 14.3. The molecular weight excluding hydrogens is 380 g/mol. The highest BCUT2D eigenvalue weighted by molar-refractivity contribution is 5.95. The van der Waals surface area contributed by atoms with Crippen LogP contribution < -0.4 is 14.2 Å². The molecule has 6 nitrogen and oxygen atoms in total. The summed E-state index contributed by atoms with van der Waals surface area (Å²) in [5.41, 5.74) is 1.86. The van der Waals surface area contributed by atoms with Gasteiger partial charge in [0.25, 0.3) is 5.91 Å². The quantitative estimate of drug-likeness (QED) is 0.591. The van der Waals surface area contributed by atoms with Crippen molar-refractivity contribution in [2.24, 2.45) is 0 Å². The van der Waals surface area contributed by atoms with E-state index in [0.29, 0.717) is 43.4 Å². The molecule has 1 saturated heterocycles. The van der Waals surface area contributed by atoms with Crippen LogP contribution in [0.1, 0.15) is 22.8 Å². The second-order valence-electron chi connectivity index (χ2n) is 7.11. The number of rotatable bonds is 9. The monoisotopic (exact) mass is 410 g/mol. The smallest absolute Gasteiger partial charge is 0.254 e.